The highest BCUT2D eigenvalue weighted by molar-refractivity contribution is 8.14. The second-order valence-electron chi connectivity index (χ2n) is 4.75. The van der Waals surface area contributed by atoms with Crippen LogP contribution in [0.3, 0.4) is 0 Å². The monoisotopic (exact) mass is 359 g/mol. The minimum absolute atomic E-state index is 0.341. The summed E-state index contributed by atoms with van der Waals surface area (Å²) in [6, 6.07) is 13.1. The molecule has 118 valence electrons. The summed E-state index contributed by atoms with van der Waals surface area (Å²) in [5, 5.41) is 0. The third-order valence-electron chi connectivity index (χ3n) is 3.07. The van der Waals surface area contributed by atoms with Crippen LogP contribution in [0.4, 0.5) is 0 Å². The molecule has 0 unspecified atom stereocenters. The summed E-state index contributed by atoms with van der Waals surface area (Å²) in [5.74, 6) is 0. The van der Waals surface area contributed by atoms with Crippen LogP contribution >= 0.6 is 10.7 Å². The van der Waals surface area contributed by atoms with Crippen LogP contribution in [0.5, 0.6) is 0 Å². The van der Waals surface area contributed by atoms with E-state index in [1.54, 1.807) is 30.3 Å². The van der Waals surface area contributed by atoms with Crippen molar-refractivity contribution in [2.24, 2.45) is 0 Å². The Balaban J connectivity index is 2.75. The third-order valence-corrected chi connectivity index (χ3v) is 6.44. The van der Waals surface area contributed by atoms with Crippen LogP contribution in [-0.4, -0.2) is 35.2 Å². The maximum Gasteiger partial charge on any atom is 0.262 e. The standard InChI is InChI=1S/C14H14ClNO4S2/c1-16(2)22(19,20)13-9-8-12(10-14(13)21(15,17)18)11-6-4-3-5-7-11/h3-10H,1-2H3. The maximum atomic E-state index is 12.3. The van der Waals surface area contributed by atoms with Crippen molar-refractivity contribution in [1.82, 2.24) is 4.31 Å². The molecule has 0 amide bonds. The molecule has 0 aliphatic rings. The Morgan fingerprint density at radius 1 is 0.818 bits per heavy atom. The van der Waals surface area contributed by atoms with Gasteiger partial charge in [-0.1, -0.05) is 36.4 Å². The highest BCUT2D eigenvalue weighted by Crippen LogP contribution is 2.31. The van der Waals surface area contributed by atoms with Crippen molar-refractivity contribution in [2.75, 3.05) is 14.1 Å². The van der Waals surface area contributed by atoms with Crippen molar-refractivity contribution < 1.29 is 16.8 Å². The lowest BCUT2D eigenvalue weighted by Gasteiger charge is -2.15. The van der Waals surface area contributed by atoms with E-state index in [1.807, 2.05) is 6.07 Å². The fraction of sp³-hybridized carbons (Fsp3) is 0.143. The predicted octanol–water partition coefficient (Wildman–Crippen LogP) is 2.53. The minimum Gasteiger partial charge on any atom is -0.207 e. The van der Waals surface area contributed by atoms with E-state index in [2.05, 4.69) is 0 Å². The van der Waals surface area contributed by atoms with Crippen molar-refractivity contribution in [2.45, 2.75) is 9.79 Å². The molecule has 0 heterocycles. The Labute approximate surface area is 134 Å². The van der Waals surface area contributed by atoms with Gasteiger partial charge in [-0.05, 0) is 23.3 Å². The van der Waals surface area contributed by atoms with Gasteiger partial charge in [-0.2, -0.15) is 0 Å². The number of halogens is 1. The molecule has 0 saturated heterocycles. The van der Waals surface area contributed by atoms with E-state index in [9.17, 15) is 16.8 Å². The van der Waals surface area contributed by atoms with E-state index < -0.39 is 24.0 Å². The van der Waals surface area contributed by atoms with Crippen molar-refractivity contribution in [3.05, 3.63) is 48.5 Å². The van der Waals surface area contributed by atoms with Crippen molar-refractivity contribution in [1.29, 1.82) is 0 Å². The molecule has 0 aromatic heterocycles. The molecular formula is C14H14ClNO4S2. The average molecular weight is 360 g/mol. The summed E-state index contributed by atoms with van der Waals surface area (Å²) in [4.78, 5) is -0.767. The summed E-state index contributed by atoms with van der Waals surface area (Å²) in [6.07, 6.45) is 0. The van der Waals surface area contributed by atoms with Crippen molar-refractivity contribution >= 4 is 29.8 Å². The molecule has 0 bridgehead atoms. The van der Waals surface area contributed by atoms with Gasteiger partial charge in [0.15, 0.2) is 0 Å². The zero-order valence-electron chi connectivity index (χ0n) is 11.9. The van der Waals surface area contributed by atoms with Crippen molar-refractivity contribution in [3.8, 4) is 11.1 Å². The number of rotatable bonds is 4. The lowest BCUT2D eigenvalue weighted by molar-refractivity contribution is 0.517. The molecule has 2 rings (SSSR count). The van der Waals surface area contributed by atoms with Gasteiger partial charge >= 0.3 is 0 Å². The van der Waals surface area contributed by atoms with E-state index in [4.69, 9.17) is 10.7 Å². The zero-order valence-corrected chi connectivity index (χ0v) is 14.3. The number of sulfonamides is 1. The first-order chi connectivity index (χ1) is 10.1. The smallest absolute Gasteiger partial charge is 0.207 e. The number of benzene rings is 2. The van der Waals surface area contributed by atoms with Gasteiger partial charge in [0.2, 0.25) is 10.0 Å². The van der Waals surface area contributed by atoms with E-state index in [1.165, 1.54) is 26.2 Å². The first kappa shape index (κ1) is 17.0. The Bertz CT molecular complexity index is 892. The Hall–Kier alpha value is -1.41. The molecule has 22 heavy (non-hydrogen) atoms. The molecule has 0 spiro atoms. The van der Waals surface area contributed by atoms with Gasteiger partial charge in [0, 0.05) is 24.8 Å². The molecule has 0 aliphatic heterocycles. The van der Waals surface area contributed by atoms with E-state index in [-0.39, 0.29) is 4.90 Å². The summed E-state index contributed by atoms with van der Waals surface area (Å²) in [5.41, 5.74) is 1.33. The molecular weight excluding hydrogens is 346 g/mol. The normalized spacial score (nSPS) is 12.5. The summed E-state index contributed by atoms with van der Waals surface area (Å²) >= 11 is 0. The topological polar surface area (TPSA) is 71.5 Å². The molecule has 8 heteroatoms. The fourth-order valence-corrected chi connectivity index (χ4v) is 4.61. The molecule has 0 N–H and O–H groups in total. The quantitative estimate of drug-likeness (QED) is 0.786. The number of nitrogens with zero attached hydrogens (tertiary/aromatic N) is 1. The molecule has 0 fully saturated rings. The number of hydrogen-bond acceptors (Lipinski definition) is 4. The molecule has 0 radical (unpaired) electrons. The van der Waals surface area contributed by atoms with Gasteiger partial charge in [0.1, 0.15) is 9.79 Å². The predicted molar refractivity (Wildman–Crippen MR) is 85.8 cm³/mol. The number of hydrogen-bond donors (Lipinski definition) is 0. The first-order valence-electron chi connectivity index (χ1n) is 6.20. The Morgan fingerprint density at radius 2 is 1.41 bits per heavy atom. The molecule has 2 aromatic rings. The largest absolute Gasteiger partial charge is 0.262 e. The second kappa shape index (κ2) is 6.00. The second-order valence-corrected chi connectivity index (χ2v) is 9.41. The van der Waals surface area contributed by atoms with Crippen LogP contribution in [0.2, 0.25) is 0 Å². The van der Waals surface area contributed by atoms with Crippen LogP contribution in [0.1, 0.15) is 0 Å². The summed E-state index contributed by atoms with van der Waals surface area (Å²) in [7, 11) is -0.0621. The van der Waals surface area contributed by atoms with Gasteiger partial charge in [-0.3, -0.25) is 0 Å². The third kappa shape index (κ3) is 3.33. The highest BCUT2D eigenvalue weighted by atomic mass is 35.7. The van der Waals surface area contributed by atoms with Gasteiger partial charge < -0.3 is 0 Å². The lowest BCUT2D eigenvalue weighted by atomic mass is 10.1. The van der Waals surface area contributed by atoms with Crippen molar-refractivity contribution in [3.63, 3.8) is 0 Å². The lowest BCUT2D eigenvalue weighted by Crippen LogP contribution is -2.23. The zero-order chi connectivity index (χ0) is 16.5. The average Bonchev–Trinajstić information content (AvgIpc) is 2.46. The summed E-state index contributed by atoms with van der Waals surface area (Å²) < 4.78 is 49.0. The van der Waals surface area contributed by atoms with Gasteiger partial charge in [-0.15, -0.1) is 0 Å². The molecule has 2 aromatic carbocycles. The molecule has 0 saturated carbocycles. The van der Waals surface area contributed by atoms with Crippen LogP contribution in [0.25, 0.3) is 11.1 Å². The molecule has 0 aliphatic carbocycles. The van der Waals surface area contributed by atoms with Crippen LogP contribution < -0.4 is 0 Å². The molecule has 0 atom stereocenters. The van der Waals surface area contributed by atoms with Gasteiger partial charge in [0.05, 0.1) is 0 Å². The van der Waals surface area contributed by atoms with E-state index in [0.29, 0.717) is 5.56 Å². The Morgan fingerprint density at radius 3 is 1.91 bits per heavy atom. The maximum absolute atomic E-state index is 12.3. The van der Waals surface area contributed by atoms with Crippen LogP contribution in [0, 0.1) is 0 Å². The van der Waals surface area contributed by atoms with Crippen LogP contribution in [-0.2, 0) is 19.1 Å². The van der Waals surface area contributed by atoms with E-state index >= 15 is 0 Å². The van der Waals surface area contributed by atoms with Gasteiger partial charge in [0.25, 0.3) is 9.05 Å². The SMILES string of the molecule is CN(C)S(=O)(=O)c1ccc(-c2ccccc2)cc1S(=O)(=O)Cl. The summed E-state index contributed by atoms with van der Waals surface area (Å²) in [6.45, 7) is 0. The van der Waals surface area contributed by atoms with Crippen LogP contribution in [0.15, 0.2) is 58.3 Å². The Kier molecular flexibility index (Phi) is 4.62. The van der Waals surface area contributed by atoms with Gasteiger partial charge in [-0.25, -0.2) is 21.1 Å². The first-order valence-corrected chi connectivity index (χ1v) is 9.95. The highest BCUT2D eigenvalue weighted by Gasteiger charge is 2.27. The fourth-order valence-electron chi connectivity index (χ4n) is 1.92. The molecule has 5 nitrogen and oxygen atoms in total. The van der Waals surface area contributed by atoms with E-state index in [0.717, 1.165) is 9.87 Å². The minimum atomic E-state index is -4.21.